The second kappa shape index (κ2) is 5.36. The zero-order valence-corrected chi connectivity index (χ0v) is 8.99. The first kappa shape index (κ1) is 11.5. The number of ether oxygens (including phenoxy) is 1. The molecule has 1 aromatic rings. The fraction of sp³-hybridized carbons (Fsp3) is 0.364. The standard InChI is InChI=1S/C11H16N2O2/c1-8(7-12)13-10-5-3-9(4-6-10)11(14)15-2/h3-6,8,13H,7,12H2,1-2H3. The lowest BCUT2D eigenvalue weighted by atomic mass is 10.2. The van der Waals surface area contributed by atoms with Crippen molar-refractivity contribution >= 4 is 11.7 Å². The van der Waals surface area contributed by atoms with E-state index in [1.54, 1.807) is 12.1 Å². The van der Waals surface area contributed by atoms with Crippen LogP contribution >= 0.6 is 0 Å². The first-order valence-electron chi connectivity index (χ1n) is 4.82. The molecule has 0 aliphatic heterocycles. The second-order valence-electron chi connectivity index (χ2n) is 3.35. The normalized spacial score (nSPS) is 11.9. The highest BCUT2D eigenvalue weighted by Crippen LogP contribution is 2.11. The molecular weight excluding hydrogens is 192 g/mol. The molecule has 0 fully saturated rings. The number of carbonyl (C=O) groups is 1. The van der Waals surface area contributed by atoms with E-state index in [1.807, 2.05) is 19.1 Å². The van der Waals surface area contributed by atoms with E-state index in [4.69, 9.17) is 5.73 Å². The summed E-state index contributed by atoms with van der Waals surface area (Å²) in [5, 5.41) is 3.20. The molecule has 0 heterocycles. The highest BCUT2D eigenvalue weighted by Gasteiger charge is 2.04. The molecule has 4 nitrogen and oxygen atoms in total. The molecule has 1 rings (SSSR count). The zero-order valence-electron chi connectivity index (χ0n) is 8.99. The van der Waals surface area contributed by atoms with Gasteiger partial charge in [-0.2, -0.15) is 0 Å². The van der Waals surface area contributed by atoms with E-state index in [9.17, 15) is 4.79 Å². The van der Waals surface area contributed by atoms with Crippen LogP contribution in [-0.4, -0.2) is 25.7 Å². The van der Waals surface area contributed by atoms with Gasteiger partial charge in [-0.05, 0) is 31.2 Å². The molecule has 0 saturated carbocycles. The maximum Gasteiger partial charge on any atom is 0.337 e. The van der Waals surface area contributed by atoms with Crippen molar-refractivity contribution in [3.05, 3.63) is 29.8 Å². The van der Waals surface area contributed by atoms with Crippen LogP contribution in [0.3, 0.4) is 0 Å². The Morgan fingerprint density at radius 1 is 1.47 bits per heavy atom. The van der Waals surface area contributed by atoms with Gasteiger partial charge in [0, 0.05) is 18.3 Å². The fourth-order valence-electron chi connectivity index (χ4n) is 1.16. The minimum Gasteiger partial charge on any atom is -0.465 e. The number of esters is 1. The number of rotatable bonds is 4. The average molecular weight is 208 g/mol. The number of hydrogen-bond donors (Lipinski definition) is 2. The van der Waals surface area contributed by atoms with Gasteiger partial charge < -0.3 is 15.8 Å². The third kappa shape index (κ3) is 3.25. The summed E-state index contributed by atoms with van der Waals surface area (Å²) < 4.78 is 4.60. The second-order valence-corrected chi connectivity index (χ2v) is 3.35. The van der Waals surface area contributed by atoms with Crippen LogP contribution < -0.4 is 11.1 Å². The van der Waals surface area contributed by atoms with Gasteiger partial charge >= 0.3 is 5.97 Å². The van der Waals surface area contributed by atoms with Crippen LogP contribution in [0.1, 0.15) is 17.3 Å². The van der Waals surface area contributed by atoms with Gasteiger partial charge in [0.25, 0.3) is 0 Å². The monoisotopic (exact) mass is 208 g/mol. The van der Waals surface area contributed by atoms with Crippen molar-refractivity contribution in [3.63, 3.8) is 0 Å². The molecule has 0 aliphatic rings. The first-order chi connectivity index (χ1) is 7.17. The molecule has 3 N–H and O–H groups in total. The Morgan fingerprint density at radius 3 is 2.53 bits per heavy atom. The van der Waals surface area contributed by atoms with Crippen molar-refractivity contribution in [2.75, 3.05) is 19.0 Å². The quantitative estimate of drug-likeness (QED) is 0.730. The summed E-state index contributed by atoms with van der Waals surface area (Å²) in [4.78, 5) is 11.1. The lowest BCUT2D eigenvalue weighted by Crippen LogP contribution is -2.25. The van der Waals surface area contributed by atoms with Crippen molar-refractivity contribution in [1.29, 1.82) is 0 Å². The first-order valence-corrected chi connectivity index (χ1v) is 4.82. The van der Waals surface area contributed by atoms with Crippen LogP contribution in [0.15, 0.2) is 24.3 Å². The molecule has 4 heteroatoms. The third-order valence-corrected chi connectivity index (χ3v) is 2.07. The Balaban J connectivity index is 2.68. The van der Waals surface area contributed by atoms with Crippen LogP contribution in [0.25, 0.3) is 0 Å². The Morgan fingerprint density at radius 2 is 2.07 bits per heavy atom. The Labute approximate surface area is 89.4 Å². The minimum atomic E-state index is -0.326. The molecule has 1 atom stereocenters. The summed E-state index contributed by atoms with van der Waals surface area (Å²) in [6.07, 6.45) is 0. The number of carbonyl (C=O) groups excluding carboxylic acids is 1. The SMILES string of the molecule is COC(=O)c1ccc(NC(C)CN)cc1. The summed E-state index contributed by atoms with van der Waals surface area (Å²) in [5.41, 5.74) is 6.97. The van der Waals surface area contributed by atoms with Gasteiger partial charge in [-0.15, -0.1) is 0 Å². The van der Waals surface area contributed by atoms with Gasteiger partial charge in [0.05, 0.1) is 12.7 Å². The van der Waals surface area contributed by atoms with Crippen LogP contribution in [-0.2, 0) is 4.74 Å². The van der Waals surface area contributed by atoms with E-state index >= 15 is 0 Å². The van der Waals surface area contributed by atoms with E-state index in [-0.39, 0.29) is 12.0 Å². The highest BCUT2D eigenvalue weighted by atomic mass is 16.5. The van der Waals surface area contributed by atoms with Crippen LogP contribution in [0.2, 0.25) is 0 Å². The third-order valence-electron chi connectivity index (χ3n) is 2.07. The van der Waals surface area contributed by atoms with E-state index in [1.165, 1.54) is 7.11 Å². The molecule has 82 valence electrons. The Bertz CT molecular complexity index is 322. The molecule has 15 heavy (non-hydrogen) atoms. The number of anilines is 1. The number of nitrogens with one attached hydrogen (secondary N) is 1. The summed E-state index contributed by atoms with van der Waals surface area (Å²) in [6, 6.07) is 7.32. The van der Waals surface area contributed by atoms with Crippen molar-refractivity contribution in [2.24, 2.45) is 5.73 Å². The molecule has 1 aromatic carbocycles. The van der Waals surface area contributed by atoms with Gasteiger partial charge in [0.2, 0.25) is 0 Å². The summed E-state index contributed by atoms with van der Waals surface area (Å²) in [5.74, 6) is -0.326. The fourth-order valence-corrected chi connectivity index (χ4v) is 1.16. The van der Waals surface area contributed by atoms with Crippen molar-refractivity contribution < 1.29 is 9.53 Å². The largest absolute Gasteiger partial charge is 0.465 e. The molecular formula is C11H16N2O2. The number of benzene rings is 1. The molecule has 1 unspecified atom stereocenters. The van der Waals surface area contributed by atoms with E-state index in [0.717, 1.165) is 5.69 Å². The highest BCUT2D eigenvalue weighted by molar-refractivity contribution is 5.89. The van der Waals surface area contributed by atoms with E-state index in [0.29, 0.717) is 12.1 Å². The maximum absolute atomic E-state index is 11.1. The van der Waals surface area contributed by atoms with Crippen LogP contribution in [0, 0.1) is 0 Å². The summed E-state index contributed by atoms with van der Waals surface area (Å²) in [6.45, 7) is 2.56. The maximum atomic E-state index is 11.1. The Hall–Kier alpha value is -1.55. The lowest BCUT2D eigenvalue weighted by molar-refractivity contribution is 0.0601. The number of nitrogens with two attached hydrogens (primary N) is 1. The van der Waals surface area contributed by atoms with Gasteiger partial charge in [-0.3, -0.25) is 0 Å². The van der Waals surface area contributed by atoms with Crippen LogP contribution in [0.4, 0.5) is 5.69 Å². The van der Waals surface area contributed by atoms with Gasteiger partial charge in [-0.25, -0.2) is 4.79 Å². The molecule has 0 radical (unpaired) electrons. The number of hydrogen-bond acceptors (Lipinski definition) is 4. The van der Waals surface area contributed by atoms with Gasteiger partial charge in [0.15, 0.2) is 0 Å². The summed E-state index contributed by atoms with van der Waals surface area (Å²) in [7, 11) is 1.37. The van der Waals surface area contributed by atoms with Crippen molar-refractivity contribution in [3.8, 4) is 0 Å². The number of methoxy groups -OCH3 is 1. The van der Waals surface area contributed by atoms with Crippen molar-refractivity contribution in [2.45, 2.75) is 13.0 Å². The zero-order chi connectivity index (χ0) is 11.3. The van der Waals surface area contributed by atoms with E-state index < -0.39 is 0 Å². The predicted molar refractivity (Wildman–Crippen MR) is 59.9 cm³/mol. The van der Waals surface area contributed by atoms with Crippen LogP contribution in [0.5, 0.6) is 0 Å². The van der Waals surface area contributed by atoms with E-state index in [2.05, 4.69) is 10.1 Å². The molecule has 0 aliphatic carbocycles. The molecule has 0 amide bonds. The average Bonchev–Trinajstić information content (AvgIpc) is 2.29. The molecule has 0 bridgehead atoms. The smallest absolute Gasteiger partial charge is 0.337 e. The predicted octanol–water partition coefficient (Wildman–Crippen LogP) is 1.23. The Kier molecular flexibility index (Phi) is 4.12. The lowest BCUT2D eigenvalue weighted by Gasteiger charge is -2.12. The van der Waals surface area contributed by atoms with Gasteiger partial charge in [0.1, 0.15) is 0 Å². The molecule has 0 aromatic heterocycles. The summed E-state index contributed by atoms with van der Waals surface area (Å²) >= 11 is 0. The van der Waals surface area contributed by atoms with Gasteiger partial charge in [-0.1, -0.05) is 0 Å². The molecule has 0 saturated heterocycles. The topological polar surface area (TPSA) is 64.3 Å². The van der Waals surface area contributed by atoms with Crippen molar-refractivity contribution in [1.82, 2.24) is 0 Å². The molecule has 0 spiro atoms. The minimum absolute atomic E-state index is 0.217.